The van der Waals surface area contributed by atoms with Crippen molar-refractivity contribution in [2.45, 2.75) is 13.7 Å². The van der Waals surface area contributed by atoms with E-state index in [4.69, 9.17) is 15.7 Å². The maximum atomic E-state index is 9.16. The molecule has 2 aromatic rings. The van der Waals surface area contributed by atoms with Crippen LogP contribution in [0.25, 0.3) is 11.3 Å². The van der Waals surface area contributed by atoms with E-state index in [0.29, 0.717) is 24.6 Å². The molecule has 22 heavy (non-hydrogen) atoms. The first-order chi connectivity index (χ1) is 10.3. The van der Waals surface area contributed by atoms with Gasteiger partial charge in [-0.15, -0.1) is 0 Å². The number of nitrogens with two attached hydrogens (primary N) is 1. The van der Waals surface area contributed by atoms with Crippen molar-refractivity contribution in [3.05, 3.63) is 17.5 Å². The standard InChI is InChI=1S/C14H22N6OS/c1-10-12(13-11(7-15)14(16)18-17-13)8-20(19-10)9-21-5-6-22(2,3)4/h8H,5-6,9H2,1-4H3,(H3,16,17,18). The first-order valence-corrected chi connectivity index (χ1v) is 9.86. The molecular weight excluding hydrogens is 300 g/mol. The molecule has 0 saturated carbocycles. The molecule has 0 atom stereocenters. The van der Waals surface area contributed by atoms with Gasteiger partial charge in [0.2, 0.25) is 0 Å². The lowest BCUT2D eigenvalue weighted by Crippen LogP contribution is -2.10. The van der Waals surface area contributed by atoms with Crippen molar-refractivity contribution >= 4 is 15.8 Å². The highest BCUT2D eigenvalue weighted by Crippen LogP contribution is 2.33. The maximum Gasteiger partial charge on any atom is 0.139 e. The van der Waals surface area contributed by atoms with Crippen molar-refractivity contribution in [3.63, 3.8) is 0 Å². The predicted molar refractivity (Wildman–Crippen MR) is 89.9 cm³/mol. The Morgan fingerprint density at radius 1 is 1.45 bits per heavy atom. The molecule has 7 nitrogen and oxygen atoms in total. The largest absolute Gasteiger partial charge is 0.383 e. The summed E-state index contributed by atoms with van der Waals surface area (Å²) in [4.78, 5) is 0. The van der Waals surface area contributed by atoms with Gasteiger partial charge >= 0.3 is 0 Å². The fourth-order valence-corrected chi connectivity index (χ4v) is 2.56. The molecule has 2 rings (SSSR count). The highest BCUT2D eigenvalue weighted by molar-refractivity contribution is 8.32. The van der Waals surface area contributed by atoms with Gasteiger partial charge in [0.05, 0.1) is 12.3 Å². The number of H-pyrrole nitrogens is 1. The lowest BCUT2D eigenvalue weighted by atomic mass is 10.1. The highest BCUT2D eigenvalue weighted by Gasteiger charge is 2.17. The second-order valence-electron chi connectivity index (χ2n) is 5.97. The lowest BCUT2D eigenvalue weighted by molar-refractivity contribution is 0.0807. The molecule has 0 aromatic carbocycles. The zero-order valence-electron chi connectivity index (χ0n) is 13.4. The molecule has 0 aliphatic heterocycles. The van der Waals surface area contributed by atoms with E-state index in [1.165, 1.54) is 0 Å². The molecule has 0 spiro atoms. The molecule has 0 amide bonds. The Morgan fingerprint density at radius 3 is 2.82 bits per heavy atom. The van der Waals surface area contributed by atoms with E-state index in [-0.39, 0.29) is 5.82 Å². The van der Waals surface area contributed by atoms with Gasteiger partial charge in [-0.3, -0.25) is 5.10 Å². The number of hydrogen-bond donors (Lipinski definition) is 2. The topological polar surface area (TPSA) is 106 Å². The molecule has 0 unspecified atom stereocenters. The maximum absolute atomic E-state index is 9.16. The minimum absolute atomic E-state index is 0.272. The number of nitriles is 1. The van der Waals surface area contributed by atoms with Crippen LogP contribution in [-0.4, -0.2) is 51.1 Å². The smallest absolute Gasteiger partial charge is 0.139 e. The fourth-order valence-electron chi connectivity index (χ4n) is 1.95. The van der Waals surface area contributed by atoms with Crippen LogP contribution in [0.2, 0.25) is 0 Å². The Balaban J connectivity index is 2.07. The predicted octanol–water partition coefficient (Wildman–Crippen LogP) is 1.70. The molecule has 120 valence electrons. The molecule has 2 heterocycles. The van der Waals surface area contributed by atoms with Gasteiger partial charge in [0.15, 0.2) is 0 Å². The summed E-state index contributed by atoms with van der Waals surface area (Å²) in [7, 11) is -0.549. The number of ether oxygens (including phenoxy) is 1. The Bertz CT molecular complexity index is 691. The van der Waals surface area contributed by atoms with Gasteiger partial charge < -0.3 is 10.5 Å². The zero-order chi connectivity index (χ0) is 16.3. The van der Waals surface area contributed by atoms with Gasteiger partial charge in [-0.05, 0) is 25.7 Å². The number of aryl methyl sites for hydroxylation is 1. The van der Waals surface area contributed by atoms with Gasteiger partial charge in [-0.1, -0.05) is 0 Å². The van der Waals surface area contributed by atoms with Crippen LogP contribution in [0.5, 0.6) is 0 Å². The molecule has 3 N–H and O–H groups in total. The van der Waals surface area contributed by atoms with E-state index in [0.717, 1.165) is 17.0 Å². The van der Waals surface area contributed by atoms with E-state index < -0.39 is 10.0 Å². The average molecular weight is 322 g/mol. The summed E-state index contributed by atoms with van der Waals surface area (Å²) in [6.45, 7) is 2.97. The Labute approximate surface area is 131 Å². The molecule has 0 aliphatic carbocycles. The van der Waals surface area contributed by atoms with Crippen LogP contribution >= 0.6 is 10.0 Å². The van der Waals surface area contributed by atoms with Crippen LogP contribution in [0.4, 0.5) is 5.82 Å². The quantitative estimate of drug-likeness (QED) is 0.787. The van der Waals surface area contributed by atoms with E-state index in [2.05, 4.69) is 40.1 Å². The average Bonchev–Trinajstić information content (AvgIpc) is 2.96. The number of nitrogen functional groups attached to an aromatic ring is 1. The van der Waals surface area contributed by atoms with Gasteiger partial charge in [0, 0.05) is 17.5 Å². The summed E-state index contributed by atoms with van der Waals surface area (Å²) in [5.41, 5.74) is 8.14. The van der Waals surface area contributed by atoms with Gasteiger partial charge in [0.25, 0.3) is 0 Å². The molecule has 0 fully saturated rings. The Morgan fingerprint density at radius 2 is 2.18 bits per heavy atom. The third-order valence-corrected chi connectivity index (χ3v) is 4.56. The van der Waals surface area contributed by atoms with Gasteiger partial charge in [-0.25, -0.2) is 14.7 Å². The summed E-state index contributed by atoms with van der Waals surface area (Å²) in [5, 5.41) is 20.3. The first kappa shape index (κ1) is 16.4. The minimum Gasteiger partial charge on any atom is -0.383 e. The molecule has 0 bridgehead atoms. The third-order valence-electron chi connectivity index (χ3n) is 3.17. The highest BCUT2D eigenvalue weighted by atomic mass is 32.3. The number of aromatic nitrogens is 4. The van der Waals surface area contributed by atoms with Crippen molar-refractivity contribution in [2.24, 2.45) is 0 Å². The molecule has 0 radical (unpaired) electrons. The van der Waals surface area contributed by atoms with Gasteiger partial charge in [0.1, 0.15) is 29.9 Å². The third kappa shape index (κ3) is 3.81. The lowest BCUT2D eigenvalue weighted by Gasteiger charge is -2.24. The van der Waals surface area contributed by atoms with E-state index in [1.54, 1.807) is 4.68 Å². The number of rotatable bonds is 6. The van der Waals surface area contributed by atoms with Crippen LogP contribution in [-0.2, 0) is 11.5 Å². The molecular formula is C14H22N6OS. The molecule has 8 heteroatoms. The zero-order valence-corrected chi connectivity index (χ0v) is 14.2. The van der Waals surface area contributed by atoms with Crippen molar-refractivity contribution in [1.29, 1.82) is 5.26 Å². The van der Waals surface area contributed by atoms with Crippen LogP contribution in [0.15, 0.2) is 6.20 Å². The monoisotopic (exact) mass is 322 g/mol. The van der Waals surface area contributed by atoms with E-state index in [9.17, 15) is 0 Å². The van der Waals surface area contributed by atoms with Crippen LogP contribution in [0.3, 0.4) is 0 Å². The second kappa shape index (κ2) is 6.42. The number of nitrogens with one attached hydrogen (secondary N) is 1. The van der Waals surface area contributed by atoms with Gasteiger partial charge in [-0.2, -0.15) is 15.5 Å². The fraction of sp³-hybridized carbons (Fsp3) is 0.500. The SMILES string of the molecule is Cc1nn(COCCS(C)(C)C)cc1-c1n[nH]c(N)c1C#N. The minimum atomic E-state index is -0.549. The number of nitrogens with zero attached hydrogens (tertiary/aromatic N) is 4. The Hall–Kier alpha value is -1.98. The molecule has 0 saturated heterocycles. The molecule has 0 aliphatic rings. The van der Waals surface area contributed by atoms with Crippen molar-refractivity contribution in [1.82, 2.24) is 20.0 Å². The number of hydrogen-bond acceptors (Lipinski definition) is 5. The van der Waals surface area contributed by atoms with Crippen LogP contribution in [0.1, 0.15) is 11.3 Å². The van der Waals surface area contributed by atoms with E-state index >= 15 is 0 Å². The van der Waals surface area contributed by atoms with Crippen LogP contribution in [0, 0.1) is 18.3 Å². The number of aromatic amines is 1. The van der Waals surface area contributed by atoms with Crippen molar-refractivity contribution < 1.29 is 4.74 Å². The van der Waals surface area contributed by atoms with Crippen molar-refractivity contribution in [3.8, 4) is 17.3 Å². The second-order valence-corrected chi connectivity index (χ2v) is 10.6. The van der Waals surface area contributed by atoms with Crippen LogP contribution < -0.4 is 5.73 Å². The summed E-state index contributed by atoms with van der Waals surface area (Å²) >= 11 is 0. The normalized spacial score (nSPS) is 12.3. The summed E-state index contributed by atoms with van der Waals surface area (Å²) in [5.74, 6) is 1.34. The first-order valence-electron chi connectivity index (χ1n) is 6.84. The molecule has 2 aromatic heterocycles. The van der Waals surface area contributed by atoms with E-state index in [1.807, 2.05) is 13.1 Å². The summed E-state index contributed by atoms with van der Waals surface area (Å²) < 4.78 is 7.38. The summed E-state index contributed by atoms with van der Waals surface area (Å²) in [6.07, 6.45) is 8.61. The summed E-state index contributed by atoms with van der Waals surface area (Å²) in [6, 6.07) is 2.06. The number of anilines is 1. The Kier molecular flexibility index (Phi) is 4.78. The van der Waals surface area contributed by atoms with Crippen molar-refractivity contribution in [2.75, 3.05) is 36.9 Å².